The number of fused-ring (bicyclic) bond motifs is 1. The molecule has 140 valence electrons. The Bertz CT molecular complexity index is 885. The van der Waals surface area contributed by atoms with Crippen LogP contribution in [0.25, 0.3) is 0 Å². The third-order valence-corrected chi connectivity index (χ3v) is 5.76. The molecule has 0 radical (unpaired) electrons. The molecule has 5 heteroatoms. The summed E-state index contributed by atoms with van der Waals surface area (Å²) >= 11 is 0. The van der Waals surface area contributed by atoms with Gasteiger partial charge in [0.2, 0.25) is 0 Å². The number of aryl methyl sites for hydroxylation is 1. The van der Waals surface area contributed by atoms with Gasteiger partial charge < -0.3 is 15.1 Å². The van der Waals surface area contributed by atoms with Crippen molar-refractivity contribution in [3.63, 3.8) is 0 Å². The number of anilines is 1. The SMILES string of the molecule is CCN1c2ccccc2C(=O)NC12CCN(C(=O)c1cccc(C)c1)CC2. The van der Waals surface area contributed by atoms with Gasteiger partial charge in [-0.3, -0.25) is 9.59 Å². The summed E-state index contributed by atoms with van der Waals surface area (Å²) in [5.41, 5.74) is 3.12. The maximum Gasteiger partial charge on any atom is 0.255 e. The van der Waals surface area contributed by atoms with Crippen LogP contribution in [0.15, 0.2) is 48.5 Å². The Morgan fingerprint density at radius 2 is 1.85 bits per heavy atom. The third kappa shape index (κ3) is 2.97. The molecular weight excluding hydrogens is 338 g/mol. The zero-order chi connectivity index (χ0) is 19.0. The van der Waals surface area contributed by atoms with Crippen LogP contribution >= 0.6 is 0 Å². The zero-order valence-corrected chi connectivity index (χ0v) is 15.9. The summed E-state index contributed by atoms with van der Waals surface area (Å²) < 4.78 is 0. The molecule has 2 amide bonds. The minimum Gasteiger partial charge on any atom is -0.348 e. The molecular formula is C22H25N3O2. The summed E-state index contributed by atoms with van der Waals surface area (Å²) in [7, 11) is 0. The number of hydrogen-bond donors (Lipinski definition) is 1. The van der Waals surface area contributed by atoms with Gasteiger partial charge in [-0.05, 0) is 38.1 Å². The van der Waals surface area contributed by atoms with Gasteiger partial charge in [0.1, 0.15) is 5.66 Å². The predicted octanol–water partition coefficient (Wildman–Crippen LogP) is 3.20. The Kier molecular flexibility index (Phi) is 4.38. The first kappa shape index (κ1) is 17.6. The number of piperidine rings is 1. The maximum absolute atomic E-state index is 12.9. The summed E-state index contributed by atoms with van der Waals surface area (Å²) in [5.74, 6) is 0.0490. The smallest absolute Gasteiger partial charge is 0.255 e. The molecule has 5 nitrogen and oxygen atoms in total. The van der Waals surface area contributed by atoms with E-state index >= 15 is 0 Å². The van der Waals surface area contributed by atoms with E-state index in [4.69, 9.17) is 0 Å². The molecule has 0 unspecified atom stereocenters. The van der Waals surface area contributed by atoms with E-state index in [1.54, 1.807) is 0 Å². The monoisotopic (exact) mass is 363 g/mol. The van der Waals surface area contributed by atoms with Gasteiger partial charge in [-0.25, -0.2) is 0 Å². The van der Waals surface area contributed by atoms with E-state index in [0.717, 1.165) is 41.8 Å². The second-order valence-corrected chi connectivity index (χ2v) is 7.41. The normalized spacial score (nSPS) is 18.2. The van der Waals surface area contributed by atoms with Crippen LogP contribution in [0, 0.1) is 6.92 Å². The van der Waals surface area contributed by atoms with E-state index in [9.17, 15) is 9.59 Å². The number of nitrogens with one attached hydrogen (secondary N) is 1. The van der Waals surface area contributed by atoms with Crippen LogP contribution in [0.3, 0.4) is 0 Å². The lowest BCUT2D eigenvalue weighted by Gasteiger charge is -2.52. The molecule has 0 saturated carbocycles. The minimum absolute atomic E-state index is 0.0197. The van der Waals surface area contributed by atoms with Crippen LogP contribution in [0.1, 0.15) is 46.0 Å². The van der Waals surface area contributed by atoms with Crippen molar-refractivity contribution in [3.05, 3.63) is 65.2 Å². The molecule has 4 rings (SSSR count). The van der Waals surface area contributed by atoms with Gasteiger partial charge >= 0.3 is 0 Å². The molecule has 1 fully saturated rings. The van der Waals surface area contributed by atoms with Crippen molar-refractivity contribution < 1.29 is 9.59 Å². The number of rotatable bonds is 2. The average Bonchev–Trinajstić information content (AvgIpc) is 2.68. The number of para-hydroxylation sites is 1. The second kappa shape index (κ2) is 6.72. The Morgan fingerprint density at radius 1 is 1.11 bits per heavy atom. The van der Waals surface area contributed by atoms with Crippen LogP contribution < -0.4 is 10.2 Å². The molecule has 27 heavy (non-hydrogen) atoms. The third-order valence-electron chi connectivity index (χ3n) is 5.76. The number of nitrogens with zero attached hydrogens (tertiary/aromatic N) is 2. The molecule has 1 saturated heterocycles. The molecule has 2 heterocycles. The van der Waals surface area contributed by atoms with Gasteiger partial charge in [0.25, 0.3) is 11.8 Å². The van der Waals surface area contributed by atoms with Crippen molar-refractivity contribution in [2.45, 2.75) is 32.4 Å². The van der Waals surface area contributed by atoms with Gasteiger partial charge in [-0.15, -0.1) is 0 Å². The number of likely N-dealkylation sites (tertiary alicyclic amines) is 1. The molecule has 2 aliphatic heterocycles. The van der Waals surface area contributed by atoms with Crippen molar-refractivity contribution in [3.8, 4) is 0 Å². The van der Waals surface area contributed by atoms with Gasteiger partial charge in [-0.2, -0.15) is 0 Å². The molecule has 0 bridgehead atoms. The van der Waals surface area contributed by atoms with Gasteiger partial charge in [0.15, 0.2) is 0 Å². The summed E-state index contributed by atoms with van der Waals surface area (Å²) in [6.07, 6.45) is 1.44. The second-order valence-electron chi connectivity index (χ2n) is 7.41. The lowest BCUT2D eigenvalue weighted by Crippen LogP contribution is -2.68. The first-order valence-electron chi connectivity index (χ1n) is 9.59. The summed E-state index contributed by atoms with van der Waals surface area (Å²) in [5, 5.41) is 3.25. The van der Waals surface area contributed by atoms with Crippen LogP contribution in [-0.4, -0.2) is 42.0 Å². The Labute approximate surface area is 160 Å². The maximum atomic E-state index is 12.9. The number of carbonyl (C=O) groups excluding carboxylic acids is 2. The molecule has 2 aliphatic rings. The fourth-order valence-corrected chi connectivity index (χ4v) is 4.39. The van der Waals surface area contributed by atoms with Crippen molar-refractivity contribution >= 4 is 17.5 Å². The lowest BCUT2D eigenvalue weighted by molar-refractivity contribution is 0.0603. The first-order valence-corrected chi connectivity index (χ1v) is 9.59. The van der Waals surface area contributed by atoms with Crippen molar-refractivity contribution in [1.29, 1.82) is 0 Å². The number of benzene rings is 2. The first-order chi connectivity index (χ1) is 13.0. The molecule has 0 aliphatic carbocycles. The van der Waals surface area contributed by atoms with E-state index in [1.807, 2.05) is 60.4 Å². The number of amides is 2. The Hall–Kier alpha value is -2.82. The van der Waals surface area contributed by atoms with Crippen LogP contribution in [0.5, 0.6) is 0 Å². The number of carbonyl (C=O) groups is 2. The lowest BCUT2D eigenvalue weighted by atomic mass is 9.89. The topological polar surface area (TPSA) is 52.7 Å². The van der Waals surface area contributed by atoms with E-state index in [-0.39, 0.29) is 11.8 Å². The molecule has 0 atom stereocenters. The fourth-order valence-electron chi connectivity index (χ4n) is 4.39. The Balaban J connectivity index is 1.56. The highest BCUT2D eigenvalue weighted by Crippen LogP contribution is 2.37. The molecule has 1 N–H and O–H groups in total. The minimum atomic E-state index is -0.413. The molecule has 2 aromatic carbocycles. The average molecular weight is 363 g/mol. The molecule has 0 aromatic heterocycles. The van der Waals surface area contributed by atoms with Crippen LogP contribution in [0.2, 0.25) is 0 Å². The molecule has 1 spiro atoms. The van der Waals surface area contributed by atoms with E-state index in [2.05, 4.69) is 17.1 Å². The van der Waals surface area contributed by atoms with Gasteiger partial charge in [0, 0.05) is 38.0 Å². The van der Waals surface area contributed by atoms with Crippen molar-refractivity contribution in [2.24, 2.45) is 0 Å². The van der Waals surface area contributed by atoms with Crippen molar-refractivity contribution in [1.82, 2.24) is 10.2 Å². The van der Waals surface area contributed by atoms with Gasteiger partial charge in [0.05, 0.1) is 11.3 Å². The zero-order valence-electron chi connectivity index (χ0n) is 15.9. The van der Waals surface area contributed by atoms with Crippen LogP contribution in [0.4, 0.5) is 5.69 Å². The van der Waals surface area contributed by atoms with Gasteiger partial charge in [-0.1, -0.05) is 29.8 Å². The summed E-state index contributed by atoms with van der Waals surface area (Å²) in [6.45, 7) is 6.18. The summed E-state index contributed by atoms with van der Waals surface area (Å²) in [6, 6.07) is 15.5. The van der Waals surface area contributed by atoms with E-state index in [0.29, 0.717) is 13.1 Å². The summed E-state index contributed by atoms with van der Waals surface area (Å²) in [4.78, 5) is 29.7. The Morgan fingerprint density at radius 3 is 2.56 bits per heavy atom. The quantitative estimate of drug-likeness (QED) is 0.891. The predicted molar refractivity (Wildman–Crippen MR) is 106 cm³/mol. The van der Waals surface area contributed by atoms with Crippen LogP contribution in [-0.2, 0) is 0 Å². The highest BCUT2D eigenvalue weighted by atomic mass is 16.2. The fraction of sp³-hybridized carbons (Fsp3) is 0.364. The highest BCUT2D eigenvalue weighted by Gasteiger charge is 2.45. The largest absolute Gasteiger partial charge is 0.348 e. The van der Waals surface area contributed by atoms with E-state index in [1.165, 1.54) is 0 Å². The molecule has 2 aromatic rings. The highest BCUT2D eigenvalue weighted by molar-refractivity contribution is 6.02. The standard InChI is InChI=1S/C22H25N3O2/c1-3-25-19-10-5-4-9-18(19)20(26)23-22(25)11-13-24(14-12-22)21(27)17-8-6-7-16(2)15-17/h4-10,15H,3,11-14H2,1-2H3,(H,23,26). The number of hydrogen-bond acceptors (Lipinski definition) is 3. The van der Waals surface area contributed by atoms with Crippen molar-refractivity contribution in [2.75, 3.05) is 24.5 Å². The van der Waals surface area contributed by atoms with E-state index < -0.39 is 5.66 Å².